The van der Waals surface area contributed by atoms with Gasteiger partial charge in [0.25, 0.3) is 0 Å². The molecule has 128 valence electrons. The normalized spacial score (nSPS) is 39.3. The fraction of sp³-hybridized carbons (Fsp3) is 0.632. The number of carbonyl (C=O) groups is 1. The predicted molar refractivity (Wildman–Crippen MR) is 87.7 cm³/mol. The maximum absolute atomic E-state index is 12.2. The van der Waals surface area contributed by atoms with E-state index in [-0.39, 0.29) is 23.1 Å². The molecule has 0 radical (unpaired) electrons. The van der Waals surface area contributed by atoms with E-state index in [0.717, 1.165) is 43.4 Å². The number of likely N-dealkylation sites (tertiary alicyclic amines) is 1. The van der Waals surface area contributed by atoms with Gasteiger partial charge in [-0.05, 0) is 63.7 Å². The second kappa shape index (κ2) is 4.52. The number of aliphatic hydroxyl groups is 1. The molecule has 1 aromatic rings. The molecule has 24 heavy (non-hydrogen) atoms. The highest BCUT2D eigenvalue weighted by atomic mass is 16.5. The average Bonchev–Trinajstić information content (AvgIpc) is 2.89. The molecule has 0 amide bonds. The van der Waals surface area contributed by atoms with E-state index in [1.165, 1.54) is 0 Å². The Morgan fingerprint density at radius 1 is 1.42 bits per heavy atom. The summed E-state index contributed by atoms with van der Waals surface area (Å²) < 4.78 is 6.16. The third kappa shape index (κ3) is 1.51. The highest BCUT2D eigenvalue weighted by Gasteiger charge is 2.65. The van der Waals surface area contributed by atoms with Crippen LogP contribution in [0.5, 0.6) is 11.5 Å². The summed E-state index contributed by atoms with van der Waals surface area (Å²) in [7, 11) is 2.16. The first kappa shape index (κ1) is 14.7. The monoisotopic (exact) mass is 329 g/mol. The number of nitrogens with zero attached hydrogens (tertiary/aromatic N) is 1. The zero-order valence-electron chi connectivity index (χ0n) is 14.1. The summed E-state index contributed by atoms with van der Waals surface area (Å²) in [5, 5.41) is 21.1. The molecule has 5 nitrogen and oxygen atoms in total. The topological polar surface area (TPSA) is 70.0 Å². The van der Waals surface area contributed by atoms with Gasteiger partial charge >= 0.3 is 0 Å². The zero-order valence-corrected chi connectivity index (χ0v) is 14.1. The summed E-state index contributed by atoms with van der Waals surface area (Å²) in [6, 6.07) is 1.94. The Morgan fingerprint density at radius 3 is 2.96 bits per heavy atom. The molecule has 1 saturated carbocycles. The van der Waals surface area contributed by atoms with Crippen molar-refractivity contribution in [3.63, 3.8) is 0 Å². The lowest BCUT2D eigenvalue weighted by atomic mass is 9.51. The van der Waals surface area contributed by atoms with E-state index in [1.807, 2.05) is 0 Å². The third-order valence-corrected chi connectivity index (χ3v) is 7.07. The molecule has 5 rings (SSSR count). The van der Waals surface area contributed by atoms with Crippen molar-refractivity contribution in [2.75, 3.05) is 13.6 Å². The van der Waals surface area contributed by atoms with Crippen molar-refractivity contribution in [1.82, 2.24) is 4.90 Å². The number of aromatic hydroxyl groups is 1. The van der Waals surface area contributed by atoms with Crippen molar-refractivity contribution in [3.05, 3.63) is 22.8 Å². The molecule has 2 bridgehead atoms. The van der Waals surface area contributed by atoms with Crippen LogP contribution in [0.2, 0.25) is 0 Å². The van der Waals surface area contributed by atoms with E-state index < -0.39 is 6.10 Å². The van der Waals surface area contributed by atoms with Crippen LogP contribution in [-0.2, 0) is 11.8 Å². The molecule has 5 atom stereocenters. The molecule has 0 unspecified atom stereocenters. The Kier molecular flexibility index (Phi) is 2.78. The molecule has 1 aromatic carbocycles. The first-order chi connectivity index (χ1) is 11.4. The van der Waals surface area contributed by atoms with E-state index in [4.69, 9.17) is 4.74 Å². The number of rotatable bonds is 1. The van der Waals surface area contributed by atoms with Gasteiger partial charge in [-0.1, -0.05) is 0 Å². The van der Waals surface area contributed by atoms with Gasteiger partial charge in [0.1, 0.15) is 6.10 Å². The largest absolute Gasteiger partial charge is 0.504 e. The Hall–Kier alpha value is -1.59. The van der Waals surface area contributed by atoms with Gasteiger partial charge in [0, 0.05) is 22.6 Å². The van der Waals surface area contributed by atoms with Crippen molar-refractivity contribution in [2.24, 2.45) is 5.92 Å². The molecule has 5 heteroatoms. The minimum atomic E-state index is -0.510. The van der Waals surface area contributed by atoms with Crippen molar-refractivity contribution >= 4 is 5.78 Å². The van der Waals surface area contributed by atoms with Crippen molar-refractivity contribution in [1.29, 1.82) is 0 Å². The number of phenols is 1. The lowest BCUT2D eigenvalue weighted by Gasteiger charge is -2.58. The molecule has 4 aliphatic rings. The Labute approximate surface area is 141 Å². The average molecular weight is 329 g/mol. The number of ketones is 1. The van der Waals surface area contributed by atoms with Crippen molar-refractivity contribution < 1.29 is 19.7 Å². The third-order valence-electron chi connectivity index (χ3n) is 7.07. The molecule has 1 spiro atoms. The minimum Gasteiger partial charge on any atom is -0.504 e. The summed E-state index contributed by atoms with van der Waals surface area (Å²) in [5.74, 6) is 0.971. The first-order valence-electron chi connectivity index (χ1n) is 8.90. The lowest BCUT2D eigenvalue weighted by Crippen LogP contribution is -2.66. The van der Waals surface area contributed by atoms with Crippen LogP contribution in [0.1, 0.15) is 47.7 Å². The van der Waals surface area contributed by atoms with Gasteiger partial charge in [0.2, 0.25) is 0 Å². The fourth-order valence-electron chi connectivity index (χ4n) is 6.11. The second-order valence-corrected chi connectivity index (χ2v) is 8.01. The van der Waals surface area contributed by atoms with Crippen LogP contribution >= 0.6 is 0 Å². The smallest absolute Gasteiger partial charge is 0.165 e. The van der Waals surface area contributed by atoms with Crippen LogP contribution in [0.4, 0.5) is 0 Å². The van der Waals surface area contributed by atoms with Gasteiger partial charge in [-0.3, -0.25) is 4.79 Å². The number of Topliss-reactive ketones (excluding diaryl/α,β-unsaturated/α-hetero) is 1. The standard InChI is InChI=1S/C19H23NO4/c1-9(21)10-8-15(23)17-16-11(10)7-13-12-3-4-14(22)18(24-17)19(12,16)5-6-20(13)2/h8,12-14,18,22-23H,3-7H2,1-2H3/t12-,13+,14-,18-,19-/m0/s1. The maximum Gasteiger partial charge on any atom is 0.165 e. The van der Waals surface area contributed by atoms with Gasteiger partial charge in [-0.2, -0.15) is 0 Å². The van der Waals surface area contributed by atoms with Gasteiger partial charge < -0.3 is 19.8 Å². The Balaban J connectivity index is 1.84. The molecule has 1 saturated heterocycles. The number of ether oxygens (including phenoxy) is 1. The van der Waals surface area contributed by atoms with E-state index in [0.29, 0.717) is 23.3 Å². The first-order valence-corrected chi connectivity index (χ1v) is 8.90. The number of hydrogen-bond donors (Lipinski definition) is 2. The quantitative estimate of drug-likeness (QED) is 0.766. The van der Waals surface area contributed by atoms with Gasteiger partial charge in [-0.15, -0.1) is 0 Å². The summed E-state index contributed by atoms with van der Waals surface area (Å²) in [6.45, 7) is 2.52. The summed E-state index contributed by atoms with van der Waals surface area (Å²) >= 11 is 0. The molecule has 0 aromatic heterocycles. The van der Waals surface area contributed by atoms with Gasteiger partial charge in [-0.25, -0.2) is 0 Å². The second-order valence-electron chi connectivity index (χ2n) is 8.01. The van der Waals surface area contributed by atoms with Crippen LogP contribution in [0, 0.1) is 5.92 Å². The SMILES string of the molecule is CC(=O)c1cc(O)c2c3c1C[C@@H]1[C@@H]4CC[C@H](O)[C@H](O2)[C@]34CCN1C. The number of carbonyl (C=O) groups excluding carboxylic acids is 1. The van der Waals surface area contributed by atoms with Crippen LogP contribution in [0.3, 0.4) is 0 Å². The van der Waals surface area contributed by atoms with E-state index in [1.54, 1.807) is 13.0 Å². The van der Waals surface area contributed by atoms with E-state index >= 15 is 0 Å². The number of piperidine rings is 1. The van der Waals surface area contributed by atoms with Crippen molar-refractivity contribution in [2.45, 2.75) is 56.3 Å². The summed E-state index contributed by atoms with van der Waals surface area (Å²) in [4.78, 5) is 14.6. The summed E-state index contributed by atoms with van der Waals surface area (Å²) in [6.07, 6.45) is 2.64. The van der Waals surface area contributed by atoms with Crippen molar-refractivity contribution in [3.8, 4) is 11.5 Å². The molecule has 2 aliphatic heterocycles. The van der Waals surface area contributed by atoms with E-state index in [2.05, 4.69) is 11.9 Å². The zero-order chi connectivity index (χ0) is 16.8. The maximum atomic E-state index is 12.2. The minimum absolute atomic E-state index is 0.0153. The molecule has 2 fully saturated rings. The van der Waals surface area contributed by atoms with Crippen LogP contribution < -0.4 is 4.74 Å². The lowest BCUT2D eigenvalue weighted by molar-refractivity contribution is -0.0993. The number of hydrogen-bond acceptors (Lipinski definition) is 5. The Morgan fingerprint density at radius 2 is 2.21 bits per heavy atom. The highest BCUT2D eigenvalue weighted by Crippen LogP contribution is 2.64. The Bertz CT molecular complexity index is 760. The molecule has 2 N–H and O–H groups in total. The fourth-order valence-corrected chi connectivity index (χ4v) is 6.11. The number of benzene rings is 1. The van der Waals surface area contributed by atoms with Crippen LogP contribution in [0.25, 0.3) is 0 Å². The number of phenolic OH excluding ortho intramolecular Hbond substituents is 1. The number of aliphatic hydroxyl groups excluding tert-OH is 1. The molecule has 2 heterocycles. The predicted octanol–water partition coefficient (Wildman–Crippen LogP) is 1.62. The van der Waals surface area contributed by atoms with Crippen LogP contribution in [0.15, 0.2) is 6.07 Å². The molecule has 2 aliphatic carbocycles. The van der Waals surface area contributed by atoms with Crippen LogP contribution in [-0.4, -0.2) is 52.7 Å². The molecular formula is C19H23NO4. The van der Waals surface area contributed by atoms with E-state index in [9.17, 15) is 15.0 Å². The highest BCUT2D eigenvalue weighted by molar-refractivity contribution is 5.97. The summed E-state index contributed by atoms with van der Waals surface area (Å²) in [5.41, 5.74) is 2.44. The number of likely N-dealkylation sites (N-methyl/N-ethyl adjacent to an activating group) is 1. The van der Waals surface area contributed by atoms with Gasteiger partial charge in [0.05, 0.1) is 6.10 Å². The van der Waals surface area contributed by atoms with Gasteiger partial charge in [0.15, 0.2) is 17.3 Å². The molecular weight excluding hydrogens is 306 g/mol.